The first-order valence-electron chi connectivity index (χ1n) is 10.3. The van der Waals surface area contributed by atoms with Gasteiger partial charge >= 0.3 is 5.97 Å². The summed E-state index contributed by atoms with van der Waals surface area (Å²) in [7, 11) is 0. The predicted octanol–water partition coefficient (Wildman–Crippen LogP) is 3.20. The summed E-state index contributed by atoms with van der Waals surface area (Å²) in [5.41, 5.74) is 1.99. The zero-order valence-electron chi connectivity index (χ0n) is 17.0. The average Bonchev–Trinajstić information content (AvgIpc) is 2.75. The van der Waals surface area contributed by atoms with Gasteiger partial charge in [0, 0.05) is 31.9 Å². The Hall–Kier alpha value is -2.57. The van der Waals surface area contributed by atoms with E-state index in [9.17, 15) is 15.0 Å². The highest BCUT2D eigenvalue weighted by Gasteiger charge is 2.19. The molecule has 2 aromatic rings. The molecule has 2 N–H and O–H groups in total. The van der Waals surface area contributed by atoms with Crippen molar-refractivity contribution in [2.45, 2.75) is 25.9 Å². The third-order valence-electron chi connectivity index (χ3n) is 5.35. The van der Waals surface area contributed by atoms with Crippen molar-refractivity contribution in [2.24, 2.45) is 0 Å². The number of para-hydroxylation sites is 1. The van der Waals surface area contributed by atoms with Gasteiger partial charge in [0.1, 0.15) is 11.3 Å². The third kappa shape index (κ3) is 5.71. The lowest BCUT2D eigenvalue weighted by Crippen LogP contribution is -2.46. The van der Waals surface area contributed by atoms with Crippen LogP contribution in [-0.4, -0.2) is 60.4 Å². The minimum absolute atomic E-state index is 0.0976. The third-order valence-corrected chi connectivity index (χ3v) is 5.35. The molecule has 29 heavy (non-hydrogen) atoms. The molecule has 1 heterocycles. The molecule has 0 spiro atoms. The number of rotatable bonds is 8. The monoisotopic (exact) mass is 398 g/mol. The van der Waals surface area contributed by atoms with E-state index in [2.05, 4.69) is 34.1 Å². The van der Waals surface area contributed by atoms with Crippen LogP contribution in [-0.2, 0) is 4.74 Å². The molecule has 156 valence electrons. The minimum Gasteiger partial charge on any atom is -0.507 e. The van der Waals surface area contributed by atoms with Gasteiger partial charge in [0.05, 0.1) is 12.7 Å². The normalized spacial score (nSPS) is 15.9. The molecule has 0 aromatic heterocycles. The highest BCUT2D eigenvalue weighted by molar-refractivity contribution is 5.92. The number of hydrogen-bond donors (Lipinski definition) is 2. The van der Waals surface area contributed by atoms with E-state index in [0.717, 1.165) is 39.1 Å². The van der Waals surface area contributed by atoms with Crippen LogP contribution in [0.3, 0.4) is 0 Å². The number of aliphatic hydroxyl groups excluding tert-OH is 1. The van der Waals surface area contributed by atoms with Gasteiger partial charge < -0.3 is 19.8 Å². The van der Waals surface area contributed by atoms with Crippen LogP contribution >= 0.6 is 0 Å². The average molecular weight is 399 g/mol. The van der Waals surface area contributed by atoms with Crippen LogP contribution in [0.5, 0.6) is 5.75 Å². The second kappa shape index (κ2) is 10.3. The van der Waals surface area contributed by atoms with Gasteiger partial charge in [0.2, 0.25) is 0 Å². The van der Waals surface area contributed by atoms with Crippen LogP contribution in [0.1, 0.15) is 41.8 Å². The van der Waals surface area contributed by atoms with Gasteiger partial charge in [-0.05, 0) is 56.1 Å². The SMILES string of the molecule is CCOC(=O)c1cc(C(O)CCCN2CCN(c3ccccc3)CC2)ccc1O. The maximum Gasteiger partial charge on any atom is 0.341 e. The molecule has 1 unspecified atom stereocenters. The number of nitrogens with zero attached hydrogens (tertiary/aromatic N) is 2. The number of carbonyl (C=O) groups is 1. The first-order valence-corrected chi connectivity index (χ1v) is 10.3. The number of ether oxygens (including phenoxy) is 1. The van der Waals surface area contributed by atoms with E-state index in [1.807, 2.05) is 6.07 Å². The molecule has 1 atom stereocenters. The fourth-order valence-corrected chi connectivity index (χ4v) is 3.68. The molecule has 1 fully saturated rings. The van der Waals surface area contributed by atoms with Crippen molar-refractivity contribution in [3.8, 4) is 5.75 Å². The van der Waals surface area contributed by atoms with Gasteiger partial charge in [-0.2, -0.15) is 0 Å². The lowest BCUT2D eigenvalue weighted by Gasteiger charge is -2.36. The number of piperazine rings is 1. The number of carbonyl (C=O) groups excluding carboxylic acids is 1. The topological polar surface area (TPSA) is 73.2 Å². The van der Waals surface area contributed by atoms with Crippen molar-refractivity contribution in [2.75, 3.05) is 44.2 Å². The van der Waals surface area contributed by atoms with Gasteiger partial charge in [-0.25, -0.2) is 4.79 Å². The van der Waals surface area contributed by atoms with E-state index in [1.54, 1.807) is 13.0 Å². The summed E-state index contributed by atoms with van der Waals surface area (Å²) < 4.78 is 4.95. The van der Waals surface area contributed by atoms with E-state index >= 15 is 0 Å². The maximum atomic E-state index is 11.9. The summed E-state index contributed by atoms with van der Waals surface area (Å²) in [6, 6.07) is 15.1. The van der Waals surface area contributed by atoms with Gasteiger partial charge in [-0.1, -0.05) is 24.3 Å². The molecular formula is C23H30N2O4. The quantitative estimate of drug-likeness (QED) is 0.666. The molecular weight excluding hydrogens is 368 g/mol. The first kappa shape index (κ1) is 21.1. The van der Waals surface area contributed by atoms with Crippen LogP contribution in [0.2, 0.25) is 0 Å². The number of aliphatic hydroxyl groups is 1. The van der Waals surface area contributed by atoms with Crippen LogP contribution in [0.25, 0.3) is 0 Å². The second-order valence-electron chi connectivity index (χ2n) is 7.32. The van der Waals surface area contributed by atoms with Gasteiger partial charge in [-0.15, -0.1) is 0 Å². The van der Waals surface area contributed by atoms with Crippen molar-refractivity contribution in [3.63, 3.8) is 0 Å². The summed E-state index contributed by atoms with van der Waals surface area (Å²) in [6.07, 6.45) is 0.794. The van der Waals surface area contributed by atoms with Gasteiger partial charge in [-0.3, -0.25) is 4.90 Å². The van der Waals surface area contributed by atoms with Crippen molar-refractivity contribution in [1.29, 1.82) is 0 Å². The Kier molecular flexibility index (Phi) is 7.49. The fourth-order valence-electron chi connectivity index (χ4n) is 3.68. The molecule has 1 saturated heterocycles. The Balaban J connectivity index is 1.45. The smallest absolute Gasteiger partial charge is 0.341 e. The molecule has 3 rings (SSSR count). The van der Waals surface area contributed by atoms with Crippen molar-refractivity contribution in [1.82, 2.24) is 4.90 Å². The summed E-state index contributed by atoms with van der Waals surface area (Å²) in [5.74, 6) is -0.703. The molecule has 1 aliphatic heterocycles. The number of anilines is 1. The largest absolute Gasteiger partial charge is 0.507 e. The number of phenols is 1. The van der Waals surface area contributed by atoms with Crippen molar-refractivity contribution in [3.05, 3.63) is 59.7 Å². The molecule has 6 heteroatoms. The van der Waals surface area contributed by atoms with Gasteiger partial charge in [0.25, 0.3) is 0 Å². The number of esters is 1. The molecule has 0 amide bonds. The summed E-state index contributed by atoms with van der Waals surface area (Å²) in [5, 5.41) is 20.4. The summed E-state index contributed by atoms with van der Waals surface area (Å²) in [4.78, 5) is 16.7. The van der Waals surface area contributed by atoms with E-state index in [1.165, 1.54) is 17.8 Å². The van der Waals surface area contributed by atoms with E-state index in [0.29, 0.717) is 12.0 Å². The highest BCUT2D eigenvalue weighted by Crippen LogP contribution is 2.26. The predicted molar refractivity (Wildman–Crippen MR) is 113 cm³/mol. The Morgan fingerprint density at radius 3 is 2.52 bits per heavy atom. The van der Waals surface area contributed by atoms with E-state index in [-0.39, 0.29) is 17.9 Å². The number of benzene rings is 2. The Labute approximate surface area is 172 Å². The summed E-state index contributed by atoms with van der Waals surface area (Å²) >= 11 is 0. The fraction of sp³-hybridized carbons (Fsp3) is 0.435. The maximum absolute atomic E-state index is 11.9. The Bertz CT molecular complexity index is 789. The number of phenolic OH excluding ortho intramolecular Hbond substituents is 1. The lowest BCUT2D eigenvalue weighted by atomic mass is 10.0. The van der Waals surface area contributed by atoms with Crippen LogP contribution in [0, 0.1) is 0 Å². The van der Waals surface area contributed by atoms with E-state index in [4.69, 9.17) is 4.74 Å². The standard InChI is InChI=1S/C23H30N2O4/c1-2-29-23(28)20-17-18(10-11-22(20)27)21(26)9-6-12-24-13-15-25(16-14-24)19-7-4-3-5-8-19/h3-5,7-8,10-11,17,21,26-27H,2,6,9,12-16H2,1H3. The molecule has 6 nitrogen and oxygen atoms in total. The van der Waals surface area contributed by atoms with E-state index < -0.39 is 12.1 Å². The first-order chi connectivity index (χ1) is 14.1. The van der Waals surface area contributed by atoms with Crippen LogP contribution in [0.15, 0.2) is 48.5 Å². The van der Waals surface area contributed by atoms with Crippen molar-refractivity contribution >= 4 is 11.7 Å². The highest BCUT2D eigenvalue weighted by atomic mass is 16.5. The Morgan fingerprint density at radius 2 is 1.83 bits per heavy atom. The summed E-state index contributed by atoms with van der Waals surface area (Å²) in [6.45, 7) is 6.92. The molecule has 1 aliphatic rings. The number of aromatic hydroxyl groups is 1. The molecule has 0 saturated carbocycles. The number of hydrogen-bond acceptors (Lipinski definition) is 6. The zero-order valence-corrected chi connectivity index (χ0v) is 17.0. The molecule has 2 aromatic carbocycles. The molecule has 0 radical (unpaired) electrons. The lowest BCUT2D eigenvalue weighted by molar-refractivity contribution is 0.0522. The van der Waals surface area contributed by atoms with Gasteiger partial charge in [0.15, 0.2) is 0 Å². The molecule has 0 bridgehead atoms. The minimum atomic E-state index is -0.672. The molecule has 0 aliphatic carbocycles. The van der Waals surface area contributed by atoms with Crippen molar-refractivity contribution < 1.29 is 19.7 Å². The second-order valence-corrected chi connectivity index (χ2v) is 7.32. The van der Waals surface area contributed by atoms with Crippen LogP contribution in [0.4, 0.5) is 5.69 Å². The van der Waals surface area contributed by atoms with Crippen LogP contribution < -0.4 is 4.90 Å². The zero-order chi connectivity index (χ0) is 20.6. The Morgan fingerprint density at radius 1 is 1.10 bits per heavy atom.